The molecule has 0 aliphatic heterocycles. The Labute approximate surface area is 157 Å². The molecule has 0 unspecified atom stereocenters. The average Bonchev–Trinajstić information content (AvgIpc) is 2.52. The molecule has 0 saturated carbocycles. The molecular formula is C15H14BrClN2O5S. The van der Waals surface area contributed by atoms with Gasteiger partial charge in [0, 0.05) is 11.5 Å². The maximum absolute atomic E-state index is 12.6. The van der Waals surface area contributed by atoms with E-state index in [-0.39, 0.29) is 16.3 Å². The minimum absolute atomic E-state index is 0.0864. The number of carbonyl (C=O) groups is 1. The number of carbonyl (C=O) groups excluding carboxylic acids is 1. The second-order valence-corrected chi connectivity index (χ2v) is 8.10. The second-order valence-electron chi connectivity index (χ2n) is 5.13. The van der Waals surface area contributed by atoms with E-state index in [1.165, 1.54) is 25.2 Å². The van der Waals surface area contributed by atoms with Gasteiger partial charge in [0.2, 0.25) is 0 Å². The number of hydrogen-bond acceptors (Lipinski definition) is 5. The third-order valence-corrected chi connectivity index (χ3v) is 5.38. The van der Waals surface area contributed by atoms with Crippen molar-refractivity contribution in [1.82, 2.24) is 5.32 Å². The van der Waals surface area contributed by atoms with E-state index in [9.17, 15) is 23.4 Å². The van der Waals surface area contributed by atoms with Gasteiger partial charge in [0.05, 0.1) is 16.3 Å². The number of nitrogens with one attached hydrogen (secondary N) is 2. The van der Waals surface area contributed by atoms with Crippen LogP contribution in [0.15, 0.2) is 33.6 Å². The zero-order valence-electron chi connectivity index (χ0n) is 13.1. The van der Waals surface area contributed by atoms with E-state index in [1.807, 2.05) is 0 Å². The topological polar surface area (TPSA) is 116 Å². The number of amides is 1. The Bertz CT molecular complexity index is 963. The number of aryl methyl sites for hydroxylation is 1. The fourth-order valence-electron chi connectivity index (χ4n) is 2.11. The van der Waals surface area contributed by atoms with Gasteiger partial charge in [-0.3, -0.25) is 9.52 Å². The van der Waals surface area contributed by atoms with Crippen LogP contribution in [-0.4, -0.2) is 31.6 Å². The summed E-state index contributed by atoms with van der Waals surface area (Å²) in [5.41, 5.74) is 0.261. The summed E-state index contributed by atoms with van der Waals surface area (Å²) >= 11 is 8.90. The molecule has 134 valence electrons. The summed E-state index contributed by atoms with van der Waals surface area (Å²) in [7, 11) is -2.90. The Morgan fingerprint density at radius 1 is 1.16 bits per heavy atom. The van der Waals surface area contributed by atoms with Crippen molar-refractivity contribution in [3.05, 3.63) is 44.9 Å². The molecule has 2 rings (SSSR count). The number of halogens is 2. The Morgan fingerprint density at radius 3 is 2.40 bits per heavy atom. The summed E-state index contributed by atoms with van der Waals surface area (Å²) in [4.78, 5) is 11.3. The molecule has 0 spiro atoms. The van der Waals surface area contributed by atoms with Crippen molar-refractivity contribution in [1.29, 1.82) is 0 Å². The minimum Gasteiger partial charge on any atom is -0.505 e. The normalized spacial score (nSPS) is 11.2. The zero-order chi connectivity index (χ0) is 18.9. The van der Waals surface area contributed by atoms with Crippen LogP contribution in [0, 0.1) is 6.92 Å². The summed E-state index contributed by atoms with van der Waals surface area (Å²) in [5.74, 6) is -1.74. The summed E-state index contributed by atoms with van der Waals surface area (Å²) in [5, 5.41) is 22.4. The van der Waals surface area contributed by atoms with E-state index >= 15 is 0 Å². The SMILES string of the molecule is CNC(=O)c1cc(C)cc(NS(=O)(=O)c2cc(Br)cc(Cl)c2O)c1O. The molecule has 7 nitrogen and oxygen atoms in total. The van der Waals surface area contributed by atoms with E-state index in [2.05, 4.69) is 26.0 Å². The molecule has 0 aliphatic rings. The van der Waals surface area contributed by atoms with Crippen LogP contribution in [0.25, 0.3) is 0 Å². The highest BCUT2D eigenvalue weighted by atomic mass is 79.9. The summed E-state index contributed by atoms with van der Waals surface area (Å²) in [6, 6.07) is 5.27. The highest BCUT2D eigenvalue weighted by Gasteiger charge is 2.24. The van der Waals surface area contributed by atoms with Gasteiger partial charge in [-0.1, -0.05) is 27.5 Å². The molecule has 0 fully saturated rings. The number of phenols is 2. The van der Waals surface area contributed by atoms with Crippen molar-refractivity contribution in [3.8, 4) is 11.5 Å². The molecule has 0 heterocycles. The van der Waals surface area contributed by atoms with E-state index in [1.54, 1.807) is 6.92 Å². The zero-order valence-corrected chi connectivity index (χ0v) is 16.3. The van der Waals surface area contributed by atoms with Crippen molar-refractivity contribution in [3.63, 3.8) is 0 Å². The number of sulfonamides is 1. The van der Waals surface area contributed by atoms with E-state index in [0.29, 0.717) is 10.0 Å². The first kappa shape index (κ1) is 19.4. The molecule has 0 saturated heterocycles. The van der Waals surface area contributed by atoms with Gasteiger partial charge in [0.1, 0.15) is 4.90 Å². The lowest BCUT2D eigenvalue weighted by atomic mass is 10.1. The van der Waals surface area contributed by atoms with E-state index in [0.717, 1.165) is 6.07 Å². The first-order valence-corrected chi connectivity index (χ1v) is 9.48. The van der Waals surface area contributed by atoms with Gasteiger partial charge in [0.25, 0.3) is 15.9 Å². The van der Waals surface area contributed by atoms with Crippen LogP contribution < -0.4 is 10.0 Å². The molecule has 25 heavy (non-hydrogen) atoms. The van der Waals surface area contributed by atoms with E-state index < -0.39 is 32.3 Å². The molecular weight excluding hydrogens is 436 g/mol. The number of phenolic OH excluding ortho intramolecular Hbond substituents is 2. The Morgan fingerprint density at radius 2 is 1.80 bits per heavy atom. The second kappa shape index (κ2) is 7.11. The third kappa shape index (κ3) is 4.00. The van der Waals surface area contributed by atoms with Crippen LogP contribution in [0.3, 0.4) is 0 Å². The Kier molecular flexibility index (Phi) is 5.50. The summed E-state index contributed by atoms with van der Waals surface area (Å²) in [6.07, 6.45) is 0. The predicted molar refractivity (Wildman–Crippen MR) is 97.9 cm³/mol. The van der Waals surface area contributed by atoms with Crippen LogP contribution in [0.1, 0.15) is 15.9 Å². The van der Waals surface area contributed by atoms with Crippen LogP contribution in [0.2, 0.25) is 5.02 Å². The van der Waals surface area contributed by atoms with Crippen LogP contribution in [0.5, 0.6) is 11.5 Å². The summed E-state index contributed by atoms with van der Waals surface area (Å²) < 4.78 is 27.7. The minimum atomic E-state index is -4.28. The smallest absolute Gasteiger partial charge is 0.265 e. The number of benzene rings is 2. The van der Waals surface area contributed by atoms with Gasteiger partial charge < -0.3 is 15.5 Å². The maximum atomic E-state index is 12.6. The third-order valence-electron chi connectivity index (χ3n) is 3.25. The standard InChI is InChI=1S/C15H14BrClN2O5S/c1-7-3-9(15(22)18-2)13(20)11(4-7)19-25(23,24)12-6-8(16)5-10(17)14(12)21/h3-6,19-21H,1-2H3,(H,18,22). The molecule has 0 bridgehead atoms. The highest BCUT2D eigenvalue weighted by molar-refractivity contribution is 9.10. The maximum Gasteiger partial charge on any atom is 0.265 e. The molecule has 0 atom stereocenters. The molecule has 2 aromatic carbocycles. The number of aromatic hydroxyl groups is 2. The van der Waals surface area contributed by atoms with Gasteiger partial charge in [-0.05, 0) is 36.8 Å². The lowest BCUT2D eigenvalue weighted by Gasteiger charge is -2.14. The number of hydrogen-bond donors (Lipinski definition) is 4. The van der Waals surface area contributed by atoms with Gasteiger partial charge in [0.15, 0.2) is 11.5 Å². The molecule has 1 amide bonds. The molecule has 0 radical (unpaired) electrons. The Balaban J connectivity index is 2.56. The first-order valence-electron chi connectivity index (χ1n) is 6.83. The van der Waals surface area contributed by atoms with Crippen molar-refractivity contribution in [2.75, 3.05) is 11.8 Å². The van der Waals surface area contributed by atoms with Gasteiger partial charge >= 0.3 is 0 Å². The highest BCUT2D eigenvalue weighted by Crippen LogP contribution is 2.37. The molecule has 0 aromatic heterocycles. The fraction of sp³-hybridized carbons (Fsp3) is 0.133. The number of anilines is 1. The quantitative estimate of drug-likeness (QED) is 0.536. The van der Waals surface area contributed by atoms with Crippen LogP contribution in [0.4, 0.5) is 5.69 Å². The van der Waals surface area contributed by atoms with E-state index in [4.69, 9.17) is 11.6 Å². The van der Waals surface area contributed by atoms with Gasteiger partial charge in [-0.25, -0.2) is 8.42 Å². The Hall–Kier alpha value is -1.97. The molecule has 10 heteroatoms. The van der Waals surface area contributed by atoms with Crippen molar-refractivity contribution >= 4 is 49.1 Å². The fourth-order valence-corrected chi connectivity index (χ4v) is 4.33. The van der Waals surface area contributed by atoms with Crippen LogP contribution >= 0.6 is 27.5 Å². The molecule has 4 N–H and O–H groups in total. The summed E-state index contributed by atoms with van der Waals surface area (Å²) in [6.45, 7) is 1.64. The van der Waals surface area contributed by atoms with Crippen molar-refractivity contribution in [2.45, 2.75) is 11.8 Å². The molecule has 2 aromatic rings. The van der Waals surface area contributed by atoms with Gasteiger partial charge in [-0.15, -0.1) is 0 Å². The molecule has 0 aliphatic carbocycles. The predicted octanol–water partition coefficient (Wildman–Crippen LogP) is 2.98. The largest absolute Gasteiger partial charge is 0.505 e. The lowest BCUT2D eigenvalue weighted by molar-refractivity contribution is 0.0960. The average molecular weight is 450 g/mol. The van der Waals surface area contributed by atoms with Gasteiger partial charge in [-0.2, -0.15) is 0 Å². The number of rotatable bonds is 4. The van der Waals surface area contributed by atoms with Crippen molar-refractivity contribution < 1.29 is 23.4 Å². The van der Waals surface area contributed by atoms with Crippen LogP contribution in [-0.2, 0) is 10.0 Å². The lowest BCUT2D eigenvalue weighted by Crippen LogP contribution is -2.19. The monoisotopic (exact) mass is 448 g/mol. The first-order chi connectivity index (χ1) is 11.6. The van der Waals surface area contributed by atoms with Crippen molar-refractivity contribution in [2.24, 2.45) is 0 Å².